The zero-order valence-electron chi connectivity index (χ0n) is 11.4. The first-order valence-electron chi connectivity index (χ1n) is 6.74. The van der Waals surface area contributed by atoms with Crippen LogP contribution in [0.25, 0.3) is 0 Å². The molecule has 0 saturated carbocycles. The van der Waals surface area contributed by atoms with E-state index >= 15 is 0 Å². The van der Waals surface area contributed by atoms with Gasteiger partial charge in [-0.2, -0.15) is 0 Å². The van der Waals surface area contributed by atoms with E-state index in [1.807, 2.05) is 17.5 Å². The summed E-state index contributed by atoms with van der Waals surface area (Å²) in [5.41, 5.74) is 0. The molecule has 1 aromatic heterocycles. The van der Waals surface area contributed by atoms with Crippen molar-refractivity contribution in [3.05, 3.63) is 22.4 Å². The monoisotopic (exact) mass is 271 g/mol. The maximum absolute atomic E-state index is 9.77. The Balaban J connectivity index is 2.01. The van der Waals surface area contributed by atoms with Gasteiger partial charge in [-0.05, 0) is 24.8 Å². The standard InChI is InChI=1S/C14H25NO2S/c1-3-4-6-12(2)15-9-13(16)10-17-11-14-7-5-8-18-14/h5,7-8,12-13,15-16H,3-4,6,9-11H2,1-2H3. The van der Waals surface area contributed by atoms with Crippen LogP contribution in [0.4, 0.5) is 0 Å². The molecule has 18 heavy (non-hydrogen) atoms. The number of rotatable bonds is 10. The minimum atomic E-state index is -0.422. The molecule has 3 nitrogen and oxygen atoms in total. The van der Waals surface area contributed by atoms with Gasteiger partial charge in [-0.25, -0.2) is 0 Å². The highest BCUT2D eigenvalue weighted by Crippen LogP contribution is 2.09. The number of ether oxygens (including phenoxy) is 1. The van der Waals surface area contributed by atoms with E-state index in [0.717, 1.165) is 0 Å². The van der Waals surface area contributed by atoms with E-state index < -0.39 is 6.10 Å². The molecule has 104 valence electrons. The molecule has 0 bridgehead atoms. The van der Waals surface area contributed by atoms with Gasteiger partial charge < -0.3 is 15.2 Å². The zero-order chi connectivity index (χ0) is 13.2. The molecule has 0 amide bonds. The fraction of sp³-hybridized carbons (Fsp3) is 0.714. The summed E-state index contributed by atoms with van der Waals surface area (Å²) >= 11 is 1.68. The fourth-order valence-electron chi connectivity index (χ4n) is 1.70. The molecule has 1 rings (SSSR count). The SMILES string of the molecule is CCCCC(C)NCC(O)COCc1cccs1. The predicted molar refractivity (Wildman–Crippen MR) is 77.0 cm³/mol. The molecule has 1 heterocycles. The van der Waals surface area contributed by atoms with Gasteiger partial charge >= 0.3 is 0 Å². The average molecular weight is 271 g/mol. The summed E-state index contributed by atoms with van der Waals surface area (Å²) in [5.74, 6) is 0. The summed E-state index contributed by atoms with van der Waals surface area (Å²) in [6.07, 6.45) is 3.20. The van der Waals surface area contributed by atoms with Crippen LogP contribution in [-0.2, 0) is 11.3 Å². The normalized spacial score (nSPS) is 14.6. The maximum atomic E-state index is 9.77. The van der Waals surface area contributed by atoms with Crippen molar-refractivity contribution < 1.29 is 9.84 Å². The first kappa shape index (κ1) is 15.6. The molecule has 4 heteroatoms. The summed E-state index contributed by atoms with van der Waals surface area (Å²) in [7, 11) is 0. The molecule has 0 saturated heterocycles. The van der Waals surface area contributed by atoms with Gasteiger partial charge in [0.1, 0.15) is 0 Å². The molecular weight excluding hydrogens is 246 g/mol. The first-order valence-corrected chi connectivity index (χ1v) is 7.62. The van der Waals surface area contributed by atoms with E-state index in [1.54, 1.807) is 11.3 Å². The highest BCUT2D eigenvalue weighted by Gasteiger charge is 2.07. The number of hydrogen-bond acceptors (Lipinski definition) is 4. The van der Waals surface area contributed by atoms with Crippen LogP contribution in [0.5, 0.6) is 0 Å². The van der Waals surface area contributed by atoms with Crippen LogP contribution >= 0.6 is 11.3 Å². The van der Waals surface area contributed by atoms with Crippen molar-refractivity contribution in [2.75, 3.05) is 13.2 Å². The lowest BCUT2D eigenvalue weighted by molar-refractivity contribution is 0.0287. The molecule has 0 aromatic carbocycles. The van der Waals surface area contributed by atoms with Crippen molar-refractivity contribution in [1.82, 2.24) is 5.32 Å². The van der Waals surface area contributed by atoms with Crippen molar-refractivity contribution in [2.45, 2.75) is 51.9 Å². The van der Waals surface area contributed by atoms with Crippen LogP contribution in [0.2, 0.25) is 0 Å². The van der Waals surface area contributed by atoms with E-state index in [4.69, 9.17) is 4.74 Å². The second-order valence-electron chi connectivity index (χ2n) is 4.70. The number of aliphatic hydroxyl groups is 1. The van der Waals surface area contributed by atoms with Gasteiger partial charge in [-0.1, -0.05) is 25.8 Å². The van der Waals surface area contributed by atoms with Crippen LogP contribution in [0.15, 0.2) is 17.5 Å². The summed E-state index contributed by atoms with van der Waals surface area (Å²) in [4.78, 5) is 1.20. The lowest BCUT2D eigenvalue weighted by Crippen LogP contribution is -2.35. The lowest BCUT2D eigenvalue weighted by atomic mass is 10.1. The largest absolute Gasteiger partial charge is 0.389 e. The molecule has 2 unspecified atom stereocenters. The third kappa shape index (κ3) is 7.11. The molecule has 0 aliphatic heterocycles. The second-order valence-corrected chi connectivity index (χ2v) is 5.73. The van der Waals surface area contributed by atoms with Crippen LogP contribution < -0.4 is 5.32 Å². The molecule has 0 radical (unpaired) electrons. The van der Waals surface area contributed by atoms with Gasteiger partial charge in [0.25, 0.3) is 0 Å². The number of aliphatic hydroxyl groups excluding tert-OH is 1. The van der Waals surface area contributed by atoms with E-state index in [1.165, 1.54) is 24.1 Å². The Morgan fingerprint density at radius 3 is 3.00 bits per heavy atom. The zero-order valence-corrected chi connectivity index (χ0v) is 12.2. The predicted octanol–water partition coefficient (Wildman–Crippen LogP) is 2.79. The van der Waals surface area contributed by atoms with Crippen LogP contribution in [-0.4, -0.2) is 30.4 Å². The Morgan fingerprint density at radius 1 is 1.50 bits per heavy atom. The van der Waals surface area contributed by atoms with E-state index in [9.17, 15) is 5.11 Å². The molecule has 1 aromatic rings. The highest BCUT2D eigenvalue weighted by atomic mass is 32.1. The van der Waals surface area contributed by atoms with Gasteiger partial charge in [0.05, 0.1) is 19.3 Å². The van der Waals surface area contributed by atoms with E-state index in [-0.39, 0.29) is 0 Å². The summed E-state index contributed by atoms with van der Waals surface area (Å²) in [6.45, 7) is 5.95. The lowest BCUT2D eigenvalue weighted by Gasteiger charge is -2.16. The summed E-state index contributed by atoms with van der Waals surface area (Å²) in [6, 6.07) is 4.52. The topological polar surface area (TPSA) is 41.5 Å². The molecule has 0 fully saturated rings. The fourth-order valence-corrected chi connectivity index (χ4v) is 2.34. The van der Waals surface area contributed by atoms with Crippen molar-refractivity contribution in [1.29, 1.82) is 0 Å². The average Bonchev–Trinajstić information content (AvgIpc) is 2.87. The molecular formula is C14H25NO2S. The van der Waals surface area contributed by atoms with Gasteiger partial charge in [-0.3, -0.25) is 0 Å². The quantitative estimate of drug-likeness (QED) is 0.687. The first-order chi connectivity index (χ1) is 8.72. The smallest absolute Gasteiger partial charge is 0.0897 e. The molecule has 0 aliphatic carbocycles. The summed E-state index contributed by atoms with van der Waals surface area (Å²) < 4.78 is 5.47. The van der Waals surface area contributed by atoms with Gasteiger partial charge in [0, 0.05) is 17.5 Å². The number of hydrogen-bond donors (Lipinski definition) is 2. The third-order valence-corrected chi connectivity index (χ3v) is 3.68. The van der Waals surface area contributed by atoms with E-state index in [2.05, 4.69) is 19.2 Å². The summed E-state index contributed by atoms with van der Waals surface area (Å²) in [5, 5.41) is 15.1. The Morgan fingerprint density at radius 2 is 2.33 bits per heavy atom. The Kier molecular flexibility index (Phi) is 8.25. The van der Waals surface area contributed by atoms with Crippen LogP contribution in [0.3, 0.4) is 0 Å². The Hall–Kier alpha value is -0.420. The number of thiophene rings is 1. The maximum Gasteiger partial charge on any atom is 0.0897 e. The highest BCUT2D eigenvalue weighted by molar-refractivity contribution is 7.09. The Bertz CT molecular complexity index is 290. The van der Waals surface area contributed by atoms with Gasteiger partial charge in [-0.15, -0.1) is 11.3 Å². The minimum Gasteiger partial charge on any atom is -0.389 e. The van der Waals surface area contributed by atoms with Crippen molar-refractivity contribution in [2.24, 2.45) is 0 Å². The molecule has 0 spiro atoms. The van der Waals surface area contributed by atoms with Crippen LogP contribution in [0.1, 0.15) is 38.0 Å². The van der Waals surface area contributed by atoms with E-state index in [0.29, 0.717) is 25.8 Å². The van der Waals surface area contributed by atoms with Crippen molar-refractivity contribution in [3.8, 4) is 0 Å². The van der Waals surface area contributed by atoms with Crippen molar-refractivity contribution in [3.63, 3.8) is 0 Å². The van der Waals surface area contributed by atoms with Gasteiger partial charge in [0.15, 0.2) is 0 Å². The molecule has 2 atom stereocenters. The Labute approximate surface area is 114 Å². The third-order valence-electron chi connectivity index (χ3n) is 2.83. The molecule has 0 aliphatic rings. The second kappa shape index (κ2) is 9.50. The number of nitrogens with one attached hydrogen (secondary N) is 1. The minimum absolute atomic E-state index is 0.394. The van der Waals surface area contributed by atoms with Crippen molar-refractivity contribution >= 4 is 11.3 Å². The van der Waals surface area contributed by atoms with Gasteiger partial charge in [0.2, 0.25) is 0 Å². The number of unbranched alkanes of at least 4 members (excludes halogenated alkanes) is 1. The molecule has 2 N–H and O–H groups in total. The van der Waals surface area contributed by atoms with Crippen LogP contribution in [0, 0.1) is 0 Å².